The third-order valence-electron chi connectivity index (χ3n) is 11.7. The summed E-state index contributed by atoms with van der Waals surface area (Å²) in [6.07, 6.45) is -0.316. The smallest absolute Gasteiger partial charge is 0.326 e. The van der Waals surface area contributed by atoms with E-state index in [9.17, 15) is 58.2 Å². The van der Waals surface area contributed by atoms with E-state index in [1.54, 1.807) is 14.1 Å². The Labute approximate surface area is 401 Å². The van der Waals surface area contributed by atoms with Crippen molar-refractivity contribution in [3.8, 4) is 0 Å². The van der Waals surface area contributed by atoms with E-state index in [0.717, 1.165) is 22.2 Å². The van der Waals surface area contributed by atoms with E-state index in [1.807, 2.05) is 78.8 Å². The molecule has 0 aromatic heterocycles. The Bertz CT molecular complexity index is 2040. The topological polar surface area (TPSA) is 324 Å². The van der Waals surface area contributed by atoms with Crippen molar-refractivity contribution in [2.45, 2.75) is 134 Å². The van der Waals surface area contributed by atoms with Gasteiger partial charge in [-0.15, -0.1) is 11.8 Å². The summed E-state index contributed by atoms with van der Waals surface area (Å²) in [5.41, 5.74) is 5.05. The molecule has 378 valence electrons. The fraction of sp³-hybridized carbons (Fsp3) is 0.609. The number of imide groups is 1. The van der Waals surface area contributed by atoms with Gasteiger partial charge in [0.1, 0.15) is 24.2 Å². The van der Waals surface area contributed by atoms with E-state index in [0.29, 0.717) is 0 Å². The number of carbonyl (C=O) groups excluding carboxylic acids is 7. The van der Waals surface area contributed by atoms with Gasteiger partial charge in [-0.2, -0.15) is 0 Å². The molecule has 10 N–H and O–H groups in total. The number of rotatable bonds is 27. The van der Waals surface area contributed by atoms with Crippen LogP contribution in [-0.2, 0) is 53.4 Å². The van der Waals surface area contributed by atoms with Crippen LogP contribution in [0.25, 0.3) is 0 Å². The highest BCUT2D eigenvalue weighted by molar-refractivity contribution is 8.00. The second-order valence-corrected chi connectivity index (χ2v) is 20.0. The normalized spacial score (nSPS) is 17.0. The summed E-state index contributed by atoms with van der Waals surface area (Å²) in [6.45, 7) is 14.1. The number of nitrogens with one attached hydrogen (secondary N) is 5. The highest BCUT2D eigenvalue weighted by Gasteiger charge is 2.42. The maximum absolute atomic E-state index is 14.3. The quantitative estimate of drug-likeness (QED) is 0.0431. The molecule has 0 saturated carbocycles. The number of likely N-dealkylation sites (tertiary alicyclic amines) is 1. The van der Waals surface area contributed by atoms with Gasteiger partial charge in [0.05, 0.1) is 17.3 Å². The van der Waals surface area contributed by atoms with Crippen LogP contribution in [0.15, 0.2) is 42.0 Å². The van der Waals surface area contributed by atoms with Crippen molar-refractivity contribution >= 4 is 71.0 Å². The lowest BCUT2D eigenvalue weighted by molar-refractivity contribution is -0.143. The van der Waals surface area contributed by atoms with E-state index >= 15 is 0 Å². The van der Waals surface area contributed by atoms with Gasteiger partial charge in [-0.1, -0.05) is 84.9 Å². The number of amides is 7. The van der Waals surface area contributed by atoms with Gasteiger partial charge in [-0.3, -0.25) is 43.3 Å². The Balaban J connectivity index is 2.02. The minimum atomic E-state index is -1.58. The lowest BCUT2D eigenvalue weighted by Crippen LogP contribution is -2.61. The first-order chi connectivity index (χ1) is 31.5. The molecule has 0 radical (unpaired) electrons. The van der Waals surface area contributed by atoms with Gasteiger partial charge < -0.3 is 52.5 Å². The lowest BCUT2D eigenvalue weighted by Gasteiger charge is -2.40. The molecule has 0 aliphatic carbocycles. The van der Waals surface area contributed by atoms with Gasteiger partial charge >= 0.3 is 17.9 Å². The molecule has 2 rings (SSSR count). The first-order valence-corrected chi connectivity index (χ1v) is 23.3. The molecular formula is C46H70N8O13S. The highest BCUT2D eigenvalue weighted by atomic mass is 32.2. The largest absolute Gasteiger partial charge is 0.480 e. The minimum Gasteiger partial charge on any atom is -0.480 e. The fourth-order valence-electron chi connectivity index (χ4n) is 7.47. The first kappa shape index (κ1) is 58.3. The van der Waals surface area contributed by atoms with Crippen molar-refractivity contribution in [2.75, 3.05) is 32.9 Å². The fourth-order valence-corrected chi connectivity index (χ4v) is 8.58. The molecule has 22 heteroatoms. The minimum absolute atomic E-state index is 0.0690. The summed E-state index contributed by atoms with van der Waals surface area (Å²) in [5, 5.41) is 41.0. The Morgan fingerprint density at radius 3 is 1.93 bits per heavy atom. The number of carbonyl (C=O) groups is 10. The second-order valence-electron chi connectivity index (χ2n) is 18.8. The molecule has 7 amide bonds. The predicted octanol–water partition coefficient (Wildman–Crippen LogP) is 0.600. The van der Waals surface area contributed by atoms with Gasteiger partial charge in [-0.05, 0) is 43.7 Å². The van der Waals surface area contributed by atoms with Crippen LogP contribution in [0.5, 0.6) is 0 Å². The average molecular weight is 975 g/mol. The Morgan fingerprint density at radius 1 is 0.853 bits per heavy atom. The van der Waals surface area contributed by atoms with E-state index in [1.165, 1.54) is 17.9 Å². The summed E-state index contributed by atoms with van der Waals surface area (Å²) < 4.78 is 0. The van der Waals surface area contributed by atoms with E-state index < -0.39 is 119 Å². The number of likely N-dealkylation sites (N-methyl/N-ethyl adjacent to an activating group) is 2. The van der Waals surface area contributed by atoms with Crippen molar-refractivity contribution in [1.82, 2.24) is 36.4 Å². The van der Waals surface area contributed by atoms with Crippen molar-refractivity contribution < 1.29 is 63.3 Å². The number of nitrogens with two attached hydrogens (primary N) is 1. The lowest BCUT2D eigenvalue weighted by atomic mass is 9.76. The number of carboxylic acids is 3. The number of hydrogen-bond acceptors (Lipinski definition) is 13. The second kappa shape index (κ2) is 26.0. The standard InChI is InChI=1S/C46H70N8O13S/c1-25(2)31(53(10)41(61)37(45(4,5)6)52-39(59)36(48-9)46(7,8)27-14-12-11-13-15-27)22-26(3)38(58)51-30(44(66)67)17-19-34(56)50-29(43(64)65)16-18-33(55)49-20-21-54-35(57)23-32(40(54)60)68-24-28(47)42(62)63/h11-15,22,25,28-32,36-37,48H,16-21,23-24,47H2,1-10H3,(H,49,55)(H,50,56)(H,51,58)(H,52,59)(H,62,63)(H,64,65)(H,66,67)/b26-22+/t28-,29+,30+,31+,32?,36+,37?/m0/s1. The summed E-state index contributed by atoms with van der Waals surface area (Å²) in [7, 11) is 3.23. The van der Waals surface area contributed by atoms with Gasteiger partial charge in [0.25, 0.3) is 0 Å². The Morgan fingerprint density at radius 2 is 1.41 bits per heavy atom. The number of carboxylic acid groups (broad SMARTS) is 3. The molecular weight excluding hydrogens is 905 g/mol. The van der Waals surface area contributed by atoms with E-state index in [4.69, 9.17) is 10.8 Å². The Kier molecular flexibility index (Phi) is 22.3. The molecule has 2 unspecified atom stereocenters. The molecule has 1 aliphatic rings. The van der Waals surface area contributed by atoms with Crippen LogP contribution >= 0.6 is 11.8 Å². The molecule has 1 aromatic rings. The molecule has 0 bridgehead atoms. The predicted molar refractivity (Wildman–Crippen MR) is 253 cm³/mol. The highest BCUT2D eigenvalue weighted by Crippen LogP contribution is 2.29. The van der Waals surface area contributed by atoms with Gasteiger partial charge in [-0.25, -0.2) is 9.59 Å². The van der Waals surface area contributed by atoms with Crippen LogP contribution < -0.4 is 32.3 Å². The van der Waals surface area contributed by atoms with Crippen LogP contribution in [0.2, 0.25) is 0 Å². The zero-order valence-corrected chi connectivity index (χ0v) is 41.4. The van der Waals surface area contributed by atoms with Crippen molar-refractivity contribution in [3.05, 3.63) is 47.5 Å². The third kappa shape index (κ3) is 17.0. The maximum atomic E-state index is 14.3. The van der Waals surface area contributed by atoms with Crippen molar-refractivity contribution in [3.63, 3.8) is 0 Å². The molecule has 0 spiro atoms. The van der Waals surface area contributed by atoms with E-state index in [-0.39, 0.29) is 55.5 Å². The monoisotopic (exact) mass is 974 g/mol. The third-order valence-corrected chi connectivity index (χ3v) is 13.0. The number of hydrogen-bond donors (Lipinski definition) is 9. The average Bonchev–Trinajstić information content (AvgIpc) is 3.53. The van der Waals surface area contributed by atoms with Gasteiger partial charge in [0.2, 0.25) is 41.4 Å². The van der Waals surface area contributed by atoms with Crippen LogP contribution in [-0.4, -0.2) is 159 Å². The molecule has 1 heterocycles. The number of aliphatic carboxylic acids is 3. The van der Waals surface area contributed by atoms with Gasteiger partial charge in [0.15, 0.2) is 0 Å². The van der Waals surface area contributed by atoms with Crippen LogP contribution in [0, 0.1) is 11.3 Å². The van der Waals surface area contributed by atoms with Crippen molar-refractivity contribution in [2.24, 2.45) is 17.1 Å². The van der Waals surface area contributed by atoms with Crippen LogP contribution in [0.1, 0.15) is 93.1 Å². The summed E-state index contributed by atoms with van der Waals surface area (Å²) in [6, 6.07) is 2.80. The zero-order valence-electron chi connectivity index (χ0n) is 40.5. The Hall–Kier alpha value is -5.87. The van der Waals surface area contributed by atoms with Crippen molar-refractivity contribution in [1.29, 1.82) is 0 Å². The molecule has 1 aliphatic heterocycles. The van der Waals surface area contributed by atoms with Crippen LogP contribution in [0.3, 0.4) is 0 Å². The molecule has 68 heavy (non-hydrogen) atoms. The molecule has 1 saturated heterocycles. The van der Waals surface area contributed by atoms with Crippen LogP contribution in [0.4, 0.5) is 0 Å². The summed E-state index contributed by atoms with van der Waals surface area (Å²) in [4.78, 5) is 129. The number of nitrogens with zero attached hydrogens (tertiary/aromatic N) is 2. The SMILES string of the molecule is CN[C@H](C(=O)NC(C(=O)N(C)[C@H](/C=C(\C)C(=O)N[C@H](CCC(=O)N[C@H](CCC(=O)NCCN1C(=O)CC(SC[C@H](N)C(=O)O)C1=O)C(=O)O)C(=O)O)C(C)C)C(C)(C)C)C(C)(C)c1ccccc1. The molecule has 1 fully saturated rings. The number of thioether (sulfide) groups is 1. The first-order valence-electron chi connectivity index (χ1n) is 22.3. The zero-order chi connectivity index (χ0) is 51.8. The molecule has 21 nitrogen and oxygen atoms in total. The summed E-state index contributed by atoms with van der Waals surface area (Å²) >= 11 is 0.945. The molecule has 1 aromatic carbocycles. The number of benzene rings is 1. The summed E-state index contributed by atoms with van der Waals surface area (Å²) in [5.74, 6) is -8.68. The molecule has 7 atom stereocenters. The van der Waals surface area contributed by atoms with E-state index in [2.05, 4.69) is 26.6 Å². The maximum Gasteiger partial charge on any atom is 0.326 e. The van der Waals surface area contributed by atoms with Gasteiger partial charge in [0, 0.05) is 56.1 Å².